The lowest BCUT2D eigenvalue weighted by molar-refractivity contribution is -0.123. The number of anilines is 1. The zero-order chi connectivity index (χ0) is 19.6. The van der Waals surface area contributed by atoms with Crippen molar-refractivity contribution in [3.05, 3.63) is 70.1 Å². The van der Waals surface area contributed by atoms with Crippen LogP contribution in [-0.2, 0) is 16.6 Å². The van der Waals surface area contributed by atoms with E-state index in [9.17, 15) is 14.4 Å². The van der Waals surface area contributed by atoms with Gasteiger partial charge in [0, 0.05) is 18.1 Å². The second-order valence-corrected chi connectivity index (χ2v) is 6.23. The van der Waals surface area contributed by atoms with E-state index in [4.69, 9.17) is 4.74 Å². The van der Waals surface area contributed by atoms with Crippen LogP contribution in [0.1, 0.15) is 23.0 Å². The third-order valence-corrected chi connectivity index (χ3v) is 4.09. The Bertz CT molecular complexity index is 1090. The second kappa shape index (κ2) is 7.41. The molecule has 0 fully saturated rings. The minimum Gasteiger partial charge on any atom is -0.448 e. The lowest BCUT2D eigenvalue weighted by Gasteiger charge is -2.14. The summed E-state index contributed by atoms with van der Waals surface area (Å²) < 4.78 is 6.35. The number of fused-ring (bicyclic) bond motifs is 1. The summed E-state index contributed by atoms with van der Waals surface area (Å²) in [5.41, 5.74) is 1.29. The van der Waals surface area contributed by atoms with Crippen LogP contribution in [0.2, 0.25) is 0 Å². The number of hydrogen-bond acceptors (Lipinski definition) is 5. The van der Waals surface area contributed by atoms with Gasteiger partial charge in [-0.3, -0.25) is 9.59 Å². The van der Waals surface area contributed by atoms with Gasteiger partial charge in [-0.15, -0.1) is 0 Å². The first-order valence-corrected chi connectivity index (χ1v) is 8.41. The van der Waals surface area contributed by atoms with Gasteiger partial charge in [0.25, 0.3) is 11.5 Å². The van der Waals surface area contributed by atoms with Crippen LogP contribution >= 0.6 is 0 Å². The normalized spacial score (nSPS) is 11.8. The number of rotatable bonds is 4. The number of carbonyl (C=O) groups excluding carboxylic acids is 2. The molecule has 0 saturated carbocycles. The predicted octanol–water partition coefficient (Wildman–Crippen LogP) is 2.43. The maximum Gasteiger partial charge on any atom is 0.360 e. The molecule has 1 amide bonds. The number of benzene rings is 2. The Morgan fingerprint density at radius 1 is 1.11 bits per heavy atom. The molecule has 27 heavy (non-hydrogen) atoms. The van der Waals surface area contributed by atoms with Gasteiger partial charge in [-0.2, -0.15) is 5.10 Å². The summed E-state index contributed by atoms with van der Waals surface area (Å²) in [6.07, 6.45) is -1.03. The first-order valence-electron chi connectivity index (χ1n) is 8.41. The minimum absolute atomic E-state index is 0.0112. The lowest BCUT2D eigenvalue weighted by atomic mass is 10.1. The molecule has 138 valence electrons. The number of hydrogen-bond donors (Lipinski definition) is 1. The molecule has 0 radical (unpaired) electrons. The molecule has 2 aromatic carbocycles. The van der Waals surface area contributed by atoms with E-state index in [1.54, 1.807) is 30.3 Å². The lowest BCUT2D eigenvalue weighted by Crippen LogP contribution is -2.31. The molecule has 3 rings (SSSR count). The van der Waals surface area contributed by atoms with Gasteiger partial charge in [0.05, 0.1) is 5.39 Å². The topological polar surface area (TPSA) is 90.3 Å². The van der Waals surface area contributed by atoms with Crippen molar-refractivity contribution in [1.29, 1.82) is 0 Å². The molecule has 7 nitrogen and oxygen atoms in total. The third kappa shape index (κ3) is 3.87. The van der Waals surface area contributed by atoms with Crippen molar-refractivity contribution in [2.45, 2.75) is 20.0 Å². The third-order valence-electron chi connectivity index (χ3n) is 4.09. The molecule has 0 bridgehead atoms. The monoisotopic (exact) mass is 365 g/mol. The highest BCUT2D eigenvalue weighted by atomic mass is 16.5. The molecule has 0 aliphatic heterocycles. The van der Waals surface area contributed by atoms with Crippen LogP contribution in [0.5, 0.6) is 0 Å². The van der Waals surface area contributed by atoms with Gasteiger partial charge in [-0.1, -0.05) is 30.3 Å². The van der Waals surface area contributed by atoms with E-state index in [0.29, 0.717) is 16.5 Å². The van der Waals surface area contributed by atoms with Gasteiger partial charge in [-0.25, -0.2) is 9.48 Å². The standard InChI is InChI=1S/C20H19N3O4/c1-12-7-6-8-14(11-12)21-18(24)13(2)27-20(26)17-15-9-4-5-10-16(15)19(25)23(3)22-17/h4-11,13H,1-3H3,(H,21,24)/t13-/m0/s1. The fraction of sp³-hybridized carbons (Fsp3) is 0.200. The highest BCUT2D eigenvalue weighted by molar-refractivity contribution is 6.03. The van der Waals surface area contributed by atoms with Crippen LogP contribution < -0.4 is 10.9 Å². The number of carbonyl (C=O) groups is 2. The molecule has 1 aromatic heterocycles. The van der Waals surface area contributed by atoms with Gasteiger partial charge in [0.15, 0.2) is 11.8 Å². The van der Waals surface area contributed by atoms with Crippen LogP contribution in [0.15, 0.2) is 53.3 Å². The fourth-order valence-corrected chi connectivity index (χ4v) is 2.69. The molecule has 0 aliphatic carbocycles. The molecule has 7 heteroatoms. The molecular weight excluding hydrogens is 346 g/mol. The highest BCUT2D eigenvalue weighted by Crippen LogP contribution is 2.15. The Morgan fingerprint density at radius 3 is 2.52 bits per heavy atom. The van der Waals surface area contributed by atoms with Crippen molar-refractivity contribution in [2.75, 3.05) is 5.32 Å². The number of ether oxygens (including phenoxy) is 1. The molecule has 3 aromatic rings. The molecule has 0 saturated heterocycles. The van der Waals surface area contributed by atoms with Gasteiger partial charge in [0.1, 0.15) is 0 Å². The number of nitrogens with one attached hydrogen (secondary N) is 1. The molecule has 0 aliphatic rings. The number of aryl methyl sites for hydroxylation is 2. The quantitative estimate of drug-likeness (QED) is 0.717. The molecular formula is C20H19N3O4. The highest BCUT2D eigenvalue weighted by Gasteiger charge is 2.23. The van der Waals surface area contributed by atoms with Crippen molar-refractivity contribution in [3.8, 4) is 0 Å². The zero-order valence-corrected chi connectivity index (χ0v) is 15.2. The summed E-state index contributed by atoms with van der Waals surface area (Å²) in [6.45, 7) is 3.39. The van der Waals surface area contributed by atoms with Crippen molar-refractivity contribution in [1.82, 2.24) is 9.78 Å². The minimum atomic E-state index is -1.03. The van der Waals surface area contributed by atoms with Crippen molar-refractivity contribution in [3.63, 3.8) is 0 Å². The molecule has 1 heterocycles. The number of esters is 1. The first-order chi connectivity index (χ1) is 12.9. The second-order valence-electron chi connectivity index (χ2n) is 6.23. The van der Waals surface area contributed by atoms with Crippen molar-refractivity contribution < 1.29 is 14.3 Å². The van der Waals surface area contributed by atoms with E-state index in [1.165, 1.54) is 14.0 Å². The average molecular weight is 365 g/mol. The molecule has 1 atom stereocenters. The van der Waals surface area contributed by atoms with Crippen LogP contribution in [0, 0.1) is 6.92 Å². The summed E-state index contributed by atoms with van der Waals surface area (Å²) in [5.74, 6) is -1.23. The van der Waals surface area contributed by atoms with Crippen LogP contribution in [0.3, 0.4) is 0 Å². The summed E-state index contributed by atoms with van der Waals surface area (Å²) in [7, 11) is 1.46. The van der Waals surface area contributed by atoms with E-state index in [1.807, 2.05) is 25.1 Å². The van der Waals surface area contributed by atoms with Crippen LogP contribution in [0.25, 0.3) is 10.8 Å². The van der Waals surface area contributed by atoms with E-state index < -0.39 is 18.0 Å². The van der Waals surface area contributed by atoms with Crippen molar-refractivity contribution in [2.24, 2.45) is 7.05 Å². The van der Waals surface area contributed by atoms with Gasteiger partial charge < -0.3 is 10.1 Å². The average Bonchev–Trinajstić information content (AvgIpc) is 2.64. The molecule has 0 spiro atoms. The number of nitrogens with zero attached hydrogens (tertiary/aromatic N) is 2. The predicted molar refractivity (Wildman–Crippen MR) is 102 cm³/mol. The SMILES string of the molecule is Cc1cccc(NC(=O)[C@H](C)OC(=O)c2nn(C)c(=O)c3ccccc23)c1. The zero-order valence-electron chi connectivity index (χ0n) is 15.2. The van der Waals surface area contributed by atoms with Gasteiger partial charge in [-0.05, 0) is 37.6 Å². The number of aromatic nitrogens is 2. The Hall–Kier alpha value is -3.48. The van der Waals surface area contributed by atoms with Crippen LogP contribution in [-0.4, -0.2) is 27.8 Å². The first kappa shape index (κ1) is 18.3. The maximum atomic E-state index is 12.6. The molecule has 1 N–H and O–H groups in total. The van der Waals surface area contributed by atoms with E-state index in [-0.39, 0.29) is 11.3 Å². The van der Waals surface area contributed by atoms with Gasteiger partial charge in [0.2, 0.25) is 0 Å². The summed E-state index contributed by atoms with van der Waals surface area (Å²) in [6, 6.07) is 13.9. The summed E-state index contributed by atoms with van der Waals surface area (Å²) >= 11 is 0. The smallest absolute Gasteiger partial charge is 0.360 e. The Labute approximate surface area is 155 Å². The van der Waals surface area contributed by atoms with E-state index >= 15 is 0 Å². The Morgan fingerprint density at radius 2 is 1.81 bits per heavy atom. The Balaban J connectivity index is 1.81. The van der Waals surface area contributed by atoms with E-state index in [2.05, 4.69) is 10.4 Å². The number of amides is 1. The maximum absolute atomic E-state index is 12.6. The van der Waals surface area contributed by atoms with Crippen LogP contribution in [0.4, 0.5) is 5.69 Å². The largest absolute Gasteiger partial charge is 0.448 e. The van der Waals surface area contributed by atoms with E-state index in [0.717, 1.165) is 10.2 Å². The molecule has 0 unspecified atom stereocenters. The summed E-state index contributed by atoms with van der Waals surface area (Å²) in [5, 5.41) is 7.46. The summed E-state index contributed by atoms with van der Waals surface area (Å²) in [4.78, 5) is 37.0. The fourth-order valence-electron chi connectivity index (χ4n) is 2.69. The van der Waals surface area contributed by atoms with Gasteiger partial charge >= 0.3 is 5.97 Å². The van der Waals surface area contributed by atoms with Crippen molar-refractivity contribution >= 4 is 28.3 Å². The Kier molecular flexibility index (Phi) is 5.03.